The van der Waals surface area contributed by atoms with Gasteiger partial charge in [-0.25, -0.2) is 8.42 Å². The number of fused-ring (bicyclic) bond motifs is 1. The van der Waals surface area contributed by atoms with E-state index in [0.717, 1.165) is 44.7 Å². The molecule has 3 fully saturated rings. The molecule has 0 saturated carbocycles. The molecule has 5 rings (SSSR count). The first-order valence-electron chi connectivity index (χ1n) is 11.1. The number of aryl methyl sites for hydroxylation is 2. The van der Waals surface area contributed by atoms with Crippen molar-refractivity contribution in [3.8, 4) is 0 Å². The predicted octanol–water partition coefficient (Wildman–Crippen LogP) is 1.99. The molecule has 0 N–H and O–H groups in total. The Balaban J connectivity index is 1.48. The molecule has 8 nitrogen and oxygen atoms in total. The number of rotatable bonds is 5. The van der Waals surface area contributed by atoms with Crippen LogP contribution in [0.15, 0.2) is 33.7 Å². The largest absolute Gasteiger partial charge is 0.381 e. The fraction of sp³-hybridized carbons (Fsp3) is 0.636. The number of ether oxygens (including phenoxy) is 1. The molecule has 0 bridgehead atoms. The smallest absolute Gasteiger partial charge is 0.243 e. The van der Waals surface area contributed by atoms with E-state index in [1.165, 1.54) is 0 Å². The summed E-state index contributed by atoms with van der Waals surface area (Å²) in [6, 6.07) is 7.78. The lowest BCUT2D eigenvalue weighted by molar-refractivity contribution is 0.0382. The van der Waals surface area contributed by atoms with Crippen molar-refractivity contribution in [2.24, 2.45) is 5.92 Å². The maximum atomic E-state index is 13.6. The minimum atomic E-state index is -3.60. The fourth-order valence-corrected chi connectivity index (χ4v) is 7.41. The second-order valence-electron chi connectivity index (χ2n) is 9.03. The van der Waals surface area contributed by atoms with Crippen LogP contribution in [0.3, 0.4) is 0 Å². The summed E-state index contributed by atoms with van der Waals surface area (Å²) in [4.78, 5) is 7.49. The Kier molecular flexibility index (Phi) is 5.40. The van der Waals surface area contributed by atoms with Crippen molar-refractivity contribution in [1.82, 2.24) is 19.3 Å². The van der Waals surface area contributed by atoms with Crippen LogP contribution < -0.4 is 0 Å². The van der Waals surface area contributed by atoms with Crippen LogP contribution in [0.4, 0.5) is 0 Å². The number of likely N-dealkylation sites (tertiary alicyclic amines) is 1. The van der Waals surface area contributed by atoms with Gasteiger partial charge in [-0.15, -0.1) is 0 Å². The van der Waals surface area contributed by atoms with Gasteiger partial charge in [0, 0.05) is 51.4 Å². The van der Waals surface area contributed by atoms with Gasteiger partial charge in [0.05, 0.1) is 10.3 Å². The third kappa shape index (κ3) is 3.51. The molecule has 3 aliphatic heterocycles. The summed E-state index contributed by atoms with van der Waals surface area (Å²) < 4.78 is 40.1. The van der Waals surface area contributed by atoms with Crippen LogP contribution >= 0.6 is 0 Å². The van der Waals surface area contributed by atoms with Gasteiger partial charge in [-0.2, -0.15) is 9.29 Å². The highest BCUT2D eigenvalue weighted by molar-refractivity contribution is 7.89. The van der Waals surface area contributed by atoms with Crippen molar-refractivity contribution in [2.75, 3.05) is 39.4 Å². The van der Waals surface area contributed by atoms with E-state index in [0.29, 0.717) is 42.2 Å². The van der Waals surface area contributed by atoms with Crippen molar-refractivity contribution in [3.63, 3.8) is 0 Å². The van der Waals surface area contributed by atoms with E-state index in [1.807, 2.05) is 26.0 Å². The second kappa shape index (κ2) is 7.95. The van der Waals surface area contributed by atoms with Gasteiger partial charge >= 0.3 is 0 Å². The molecule has 0 spiro atoms. The van der Waals surface area contributed by atoms with E-state index in [-0.39, 0.29) is 5.92 Å². The van der Waals surface area contributed by atoms with E-state index in [4.69, 9.17) is 9.26 Å². The highest BCUT2D eigenvalue weighted by atomic mass is 32.2. The summed E-state index contributed by atoms with van der Waals surface area (Å²) in [7, 11) is -3.60. The summed E-state index contributed by atoms with van der Waals surface area (Å²) in [6.07, 6.45) is 2.70. The minimum Gasteiger partial charge on any atom is -0.381 e. The van der Waals surface area contributed by atoms with Crippen molar-refractivity contribution in [1.29, 1.82) is 0 Å². The quantitative estimate of drug-likeness (QED) is 0.694. The monoisotopic (exact) mass is 446 g/mol. The molecule has 0 unspecified atom stereocenters. The number of benzene rings is 1. The van der Waals surface area contributed by atoms with Gasteiger partial charge in [0.2, 0.25) is 15.9 Å². The van der Waals surface area contributed by atoms with Gasteiger partial charge < -0.3 is 9.26 Å². The Morgan fingerprint density at radius 3 is 2.65 bits per heavy atom. The molecule has 1 aromatic carbocycles. The normalized spacial score (nSPS) is 28.3. The zero-order chi connectivity index (χ0) is 21.6. The van der Waals surface area contributed by atoms with E-state index in [9.17, 15) is 8.42 Å². The first kappa shape index (κ1) is 21.1. The Labute approximate surface area is 183 Å². The van der Waals surface area contributed by atoms with Gasteiger partial charge in [-0.1, -0.05) is 30.3 Å². The first-order valence-corrected chi connectivity index (χ1v) is 12.6. The average Bonchev–Trinajstić information content (AvgIpc) is 3.47. The van der Waals surface area contributed by atoms with Crippen LogP contribution in [0.1, 0.15) is 37.0 Å². The number of hydrogen-bond donors (Lipinski definition) is 0. The van der Waals surface area contributed by atoms with Gasteiger partial charge in [0.25, 0.3) is 0 Å². The maximum absolute atomic E-state index is 13.6. The zero-order valence-corrected chi connectivity index (χ0v) is 19.0. The van der Waals surface area contributed by atoms with Crippen LogP contribution in [0.2, 0.25) is 0 Å². The predicted molar refractivity (Wildman–Crippen MR) is 114 cm³/mol. The number of hydrogen-bond acceptors (Lipinski definition) is 7. The maximum Gasteiger partial charge on any atom is 0.243 e. The fourth-order valence-electron chi connectivity index (χ4n) is 5.56. The van der Waals surface area contributed by atoms with Crippen LogP contribution in [-0.2, 0) is 26.6 Å². The molecule has 2 atom stereocenters. The second-order valence-corrected chi connectivity index (χ2v) is 10.9. The highest BCUT2D eigenvalue weighted by Crippen LogP contribution is 2.47. The van der Waals surface area contributed by atoms with E-state index < -0.39 is 15.4 Å². The Morgan fingerprint density at radius 1 is 1.16 bits per heavy atom. The highest BCUT2D eigenvalue weighted by Gasteiger charge is 2.59. The lowest BCUT2D eigenvalue weighted by Gasteiger charge is -2.33. The van der Waals surface area contributed by atoms with Gasteiger partial charge in [-0.05, 0) is 37.8 Å². The number of sulfonamides is 1. The molecule has 2 aromatic rings. The van der Waals surface area contributed by atoms with E-state index in [1.54, 1.807) is 16.4 Å². The van der Waals surface area contributed by atoms with Crippen molar-refractivity contribution < 1.29 is 17.7 Å². The summed E-state index contributed by atoms with van der Waals surface area (Å²) >= 11 is 0. The third-order valence-electron chi connectivity index (χ3n) is 7.24. The lowest BCUT2D eigenvalue weighted by atomic mass is 9.81. The minimum absolute atomic E-state index is 0.124. The molecule has 1 aromatic heterocycles. The molecular formula is C22H30N4O4S. The van der Waals surface area contributed by atoms with Crippen LogP contribution in [0.5, 0.6) is 0 Å². The number of aromatic nitrogens is 2. The Hall–Kier alpha value is -1.81. The Morgan fingerprint density at radius 2 is 1.94 bits per heavy atom. The molecule has 0 aliphatic carbocycles. The first-order chi connectivity index (χ1) is 14.9. The molecule has 3 aliphatic rings. The Bertz CT molecular complexity index is 1050. The average molecular weight is 447 g/mol. The molecule has 0 radical (unpaired) electrons. The van der Waals surface area contributed by atoms with Crippen molar-refractivity contribution in [2.45, 2.75) is 49.5 Å². The molecule has 31 heavy (non-hydrogen) atoms. The molecule has 4 heterocycles. The zero-order valence-electron chi connectivity index (χ0n) is 18.2. The van der Waals surface area contributed by atoms with E-state index >= 15 is 0 Å². The molecule has 168 valence electrons. The molecule has 0 amide bonds. The summed E-state index contributed by atoms with van der Waals surface area (Å²) in [5, 5.41) is 4.03. The topological polar surface area (TPSA) is 88.8 Å². The summed E-state index contributed by atoms with van der Waals surface area (Å²) in [5.41, 5.74) is 0.388. The molecule has 9 heteroatoms. The molecule has 3 saturated heterocycles. The lowest BCUT2D eigenvalue weighted by Crippen LogP contribution is -2.44. The van der Waals surface area contributed by atoms with Crippen LogP contribution in [0.25, 0.3) is 0 Å². The number of nitrogens with zero attached hydrogens (tertiary/aromatic N) is 4. The van der Waals surface area contributed by atoms with Gasteiger partial charge in [-0.3, -0.25) is 4.90 Å². The SMILES string of the molecule is CCc1ccccc1S(=O)(=O)N1C[C@H]2CN(C3CCOCC3)C[C@@]2(c2nc(C)no2)C1. The summed E-state index contributed by atoms with van der Waals surface area (Å²) in [5.74, 6) is 1.29. The van der Waals surface area contributed by atoms with Gasteiger partial charge in [0.15, 0.2) is 5.82 Å². The van der Waals surface area contributed by atoms with E-state index in [2.05, 4.69) is 15.0 Å². The standard InChI is InChI=1S/C22H30N4O4S/c1-3-17-6-4-5-7-20(17)31(27,28)26-13-18-12-25(19-8-10-29-11-9-19)14-22(18,15-26)21-23-16(2)24-30-21/h4-7,18-19H,3,8-15H2,1-2H3/t18-,22-/m1/s1. The van der Waals surface area contributed by atoms with Crippen LogP contribution in [-0.4, -0.2) is 73.2 Å². The van der Waals surface area contributed by atoms with Gasteiger partial charge in [0.1, 0.15) is 0 Å². The van der Waals surface area contributed by atoms with Crippen LogP contribution in [0, 0.1) is 12.8 Å². The van der Waals surface area contributed by atoms with Crippen molar-refractivity contribution >= 4 is 10.0 Å². The third-order valence-corrected chi connectivity index (χ3v) is 9.15. The molecular weight excluding hydrogens is 416 g/mol. The summed E-state index contributed by atoms with van der Waals surface area (Å²) in [6.45, 7) is 7.80. The van der Waals surface area contributed by atoms with Crippen molar-refractivity contribution in [3.05, 3.63) is 41.5 Å².